The Labute approximate surface area is 199 Å². The summed E-state index contributed by atoms with van der Waals surface area (Å²) in [6.45, 7) is 0. The maximum absolute atomic E-state index is 3.75. The maximum Gasteiger partial charge on any atom is 0.189 e. The van der Waals surface area contributed by atoms with Crippen LogP contribution < -0.4 is 10.8 Å². The Kier molecular flexibility index (Phi) is 6.48. The topological polar surface area (TPSA) is 12.0 Å². The van der Waals surface area contributed by atoms with Gasteiger partial charge < -0.3 is 5.32 Å². The van der Waals surface area contributed by atoms with E-state index in [9.17, 15) is 0 Å². The second-order valence-electron chi connectivity index (χ2n) is 9.10. The van der Waals surface area contributed by atoms with Crippen molar-refractivity contribution in [3.63, 3.8) is 0 Å². The summed E-state index contributed by atoms with van der Waals surface area (Å²) in [6, 6.07) is 30.3. The standard InChI is InChI=1S/C30H29B2N/c31-27-21-25(23-12-5-2-6-13-23)18-19-29(27)33-30-17-8-7-16-28(30)32-26-15-9-14-24(20-26)22-10-3-1-4-11-22/h1-8,10-14,16-20,25,32-33H,9,15,21,31H2. The highest BCUT2D eigenvalue weighted by atomic mass is 14.9. The summed E-state index contributed by atoms with van der Waals surface area (Å²) in [5, 5.41) is 3.75. The van der Waals surface area contributed by atoms with Gasteiger partial charge in [0.15, 0.2) is 7.28 Å². The summed E-state index contributed by atoms with van der Waals surface area (Å²) in [4.78, 5) is 0. The van der Waals surface area contributed by atoms with E-state index in [1.54, 1.807) is 0 Å². The number of benzene rings is 3. The van der Waals surface area contributed by atoms with E-state index >= 15 is 0 Å². The number of rotatable bonds is 6. The van der Waals surface area contributed by atoms with Crippen molar-refractivity contribution in [2.75, 3.05) is 5.32 Å². The second kappa shape index (κ2) is 10.0. The predicted octanol–water partition coefficient (Wildman–Crippen LogP) is 5.51. The fourth-order valence-corrected chi connectivity index (χ4v) is 4.86. The molecule has 160 valence electrons. The molecule has 1 unspecified atom stereocenters. The summed E-state index contributed by atoms with van der Waals surface area (Å²) in [7, 11) is 3.24. The average molecular weight is 425 g/mol. The van der Waals surface area contributed by atoms with Crippen LogP contribution in [0.1, 0.15) is 36.3 Å². The van der Waals surface area contributed by atoms with Crippen LogP contribution in [0.25, 0.3) is 5.57 Å². The highest BCUT2D eigenvalue weighted by molar-refractivity contribution is 6.63. The zero-order valence-corrected chi connectivity index (χ0v) is 19.3. The van der Waals surface area contributed by atoms with Crippen molar-refractivity contribution in [3.05, 3.63) is 137 Å². The van der Waals surface area contributed by atoms with Crippen LogP contribution in [0, 0.1) is 0 Å². The Balaban J connectivity index is 1.32. The quantitative estimate of drug-likeness (QED) is 0.514. The highest BCUT2D eigenvalue weighted by Gasteiger charge is 2.17. The summed E-state index contributed by atoms with van der Waals surface area (Å²) in [5.41, 5.74) is 10.8. The lowest BCUT2D eigenvalue weighted by Crippen LogP contribution is -2.22. The third-order valence-corrected chi connectivity index (χ3v) is 6.71. The van der Waals surface area contributed by atoms with E-state index in [-0.39, 0.29) is 0 Å². The van der Waals surface area contributed by atoms with Gasteiger partial charge in [0.1, 0.15) is 7.85 Å². The summed E-state index contributed by atoms with van der Waals surface area (Å²) in [6.07, 6.45) is 12.7. The number of hydrogen-bond acceptors (Lipinski definition) is 1. The van der Waals surface area contributed by atoms with Crippen LogP contribution in [0.2, 0.25) is 0 Å². The maximum atomic E-state index is 3.75. The molecule has 0 aromatic heterocycles. The molecule has 0 bridgehead atoms. The molecule has 0 heterocycles. The zero-order valence-electron chi connectivity index (χ0n) is 19.3. The van der Waals surface area contributed by atoms with Crippen LogP contribution in [-0.4, -0.2) is 15.1 Å². The molecule has 0 saturated carbocycles. The van der Waals surface area contributed by atoms with Crippen LogP contribution >= 0.6 is 0 Å². The monoisotopic (exact) mass is 425 g/mol. The van der Waals surface area contributed by atoms with E-state index in [1.807, 2.05) is 0 Å². The minimum Gasteiger partial charge on any atom is -0.357 e. The van der Waals surface area contributed by atoms with Gasteiger partial charge in [-0.3, -0.25) is 0 Å². The van der Waals surface area contributed by atoms with Crippen LogP contribution in [-0.2, 0) is 0 Å². The Morgan fingerprint density at radius 2 is 1.58 bits per heavy atom. The molecule has 1 N–H and O–H groups in total. The van der Waals surface area contributed by atoms with Crippen LogP contribution in [0.5, 0.6) is 0 Å². The number of hydrogen-bond donors (Lipinski definition) is 1. The van der Waals surface area contributed by atoms with Crippen molar-refractivity contribution in [1.82, 2.24) is 0 Å². The normalized spacial score (nSPS) is 17.9. The van der Waals surface area contributed by atoms with Gasteiger partial charge in [-0.05, 0) is 48.1 Å². The number of allylic oxidation sites excluding steroid dienone is 7. The molecule has 3 heteroatoms. The van der Waals surface area contributed by atoms with E-state index in [4.69, 9.17) is 0 Å². The molecule has 0 spiro atoms. The molecule has 2 aliphatic carbocycles. The molecule has 1 nitrogen and oxygen atoms in total. The third kappa shape index (κ3) is 5.14. The van der Waals surface area contributed by atoms with Crippen LogP contribution in [0.15, 0.2) is 126 Å². The van der Waals surface area contributed by atoms with Crippen LogP contribution in [0.4, 0.5) is 5.69 Å². The lowest BCUT2D eigenvalue weighted by atomic mass is 9.60. The van der Waals surface area contributed by atoms with Gasteiger partial charge in [0.05, 0.1) is 0 Å². The Morgan fingerprint density at radius 1 is 0.848 bits per heavy atom. The van der Waals surface area contributed by atoms with E-state index in [0.29, 0.717) is 5.92 Å². The van der Waals surface area contributed by atoms with Crippen molar-refractivity contribution in [2.45, 2.75) is 25.2 Å². The smallest absolute Gasteiger partial charge is 0.189 e. The number of nitrogens with one attached hydrogen (secondary N) is 1. The SMILES string of the molecule is BC1=C(Nc2ccccc2BC2=CC(c3ccccc3)=CCC2)C=CC(c2ccccc2)C1. The second-order valence-corrected chi connectivity index (χ2v) is 9.10. The highest BCUT2D eigenvalue weighted by Crippen LogP contribution is 2.30. The fourth-order valence-electron chi connectivity index (χ4n) is 4.86. The van der Waals surface area contributed by atoms with Crippen molar-refractivity contribution >= 4 is 31.8 Å². The fraction of sp³-hybridized carbons (Fsp3) is 0.133. The van der Waals surface area contributed by atoms with Gasteiger partial charge in [0.2, 0.25) is 0 Å². The van der Waals surface area contributed by atoms with E-state index in [0.717, 1.165) is 26.5 Å². The van der Waals surface area contributed by atoms with Gasteiger partial charge in [0, 0.05) is 17.3 Å². The Morgan fingerprint density at radius 3 is 2.36 bits per heavy atom. The molecule has 1 atom stereocenters. The molecule has 2 aliphatic rings. The first-order chi connectivity index (χ1) is 16.3. The number of anilines is 1. The summed E-state index contributed by atoms with van der Waals surface area (Å²) < 4.78 is 0. The molecule has 3 aromatic rings. The lowest BCUT2D eigenvalue weighted by Gasteiger charge is -2.23. The third-order valence-electron chi connectivity index (χ3n) is 6.71. The molecule has 33 heavy (non-hydrogen) atoms. The van der Waals surface area contributed by atoms with Gasteiger partial charge in [-0.2, -0.15) is 0 Å². The van der Waals surface area contributed by atoms with Gasteiger partial charge in [0.25, 0.3) is 0 Å². The first-order valence-electron chi connectivity index (χ1n) is 12.0. The number of para-hydroxylation sites is 1. The van der Waals surface area contributed by atoms with Gasteiger partial charge in [-0.1, -0.05) is 113 Å². The summed E-state index contributed by atoms with van der Waals surface area (Å²) >= 11 is 0. The molecule has 0 saturated heterocycles. The zero-order chi connectivity index (χ0) is 22.5. The minimum atomic E-state index is 0.461. The molecular weight excluding hydrogens is 396 g/mol. The molecule has 0 amide bonds. The van der Waals surface area contributed by atoms with E-state index < -0.39 is 0 Å². The largest absolute Gasteiger partial charge is 0.357 e. The van der Waals surface area contributed by atoms with Gasteiger partial charge in [-0.25, -0.2) is 0 Å². The predicted molar refractivity (Wildman–Crippen MR) is 147 cm³/mol. The molecule has 0 fully saturated rings. The van der Waals surface area contributed by atoms with Crippen molar-refractivity contribution in [3.8, 4) is 0 Å². The molecule has 3 aromatic carbocycles. The van der Waals surface area contributed by atoms with Crippen LogP contribution in [0.3, 0.4) is 0 Å². The van der Waals surface area contributed by atoms with Crippen molar-refractivity contribution < 1.29 is 0 Å². The Hall–Kier alpha value is -3.45. The molecule has 0 radical (unpaired) electrons. The molecule has 0 aliphatic heterocycles. The first-order valence-corrected chi connectivity index (χ1v) is 12.0. The van der Waals surface area contributed by atoms with Gasteiger partial charge >= 0.3 is 0 Å². The minimum absolute atomic E-state index is 0.461. The van der Waals surface area contributed by atoms with Crippen molar-refractivity contribution in [2.24, 2.45) is 0 Å². The lowest BCUT2D eigenvalue weighted by molar-refractivity contribution is 0.833. The van der Waals surface area contributed by atoms with Crippen molar-refractivity contribution in [1.29, 1.82) is 0 Å². The van der Waals surface area contributed by atoms with Gasteiger partial charge in [-0.15, -0.1) is 0 Å². The first kappa shape index (κ1) is 21.4. The van der Waals surface area contributed by atoms with E-state index in [1.165, 1.54) is 44.5 Å². The average Bonchev–Trinajstić information content (AvgIpc) is 2.87. The summed E-state index contributed by atoms with van der Waals surface area (Å²) in [5.74, 6) is 0.461. The molecule has 5 rings (SSSR count). The molecular formula is C30H29B2N. The Bertz CT molecular complexity index is 1240. The van der Waals surface area contributed by atoms with E-state index in [2.05, 4.69) is 122 Å².